The molecule has 1 N–H and O–H groups in total. The van der Waals surface area contributed by atoms with Crippen LogP contribution in [-0.2, 0) is 11.3 Å². The van der Waals surface area contributed by atoms with Gasteiger partial charge >= 0.3 is 5.97 Å². The van der Waals surface area contributed by atoms with Gasteiger partial charge in [-0.05, 0) is 25.1 Å². The van der Waals surface area contributed by atoms with Gasteiger partial charge in [-0.2, -0.15) is 0 Å². The van der Waals surface area contributed by atoms with Crippen LogP contribution < -0.4 is 9.47 Å². The molecule has 0 radical (unpaired) electrons. The van der Waals surface area contributed by atoms with Gasteiger partial charge in [-0.25, -0.2) is 4.79 Å². The van der Waals surface area contributed by atoms with Crippen molar-refractivity contribution in [1.29, 1.82) is 0 Å². The first-order valence-corrected chi connectivity index (χ1v) is 7.99. The second-order valence-corrected chi connectivity index (χ2v) is 5.99. The zero-order chi connectivity index (χ0) is 18.8. The van der Waals surface area contributed by atoms with Gasteiger partial charge in [0.1, 0.15) is 23.7 Å². The Morgan fingerprint density at radius 3 is 2.77 bits per heavy atom. The van der Waals surface area contributed by atoms with Crippen LogP contribution in [0.4, 0.5) is 0 Å². The fourth-order valence-electron chi connectivity index (χ4n) is 2.85. The Kier molecular flexibility index (Phi) is 4.71. The molecule has 1 aromatic carbocycles. The molecule has 0 fully saturated rings. The van der Waals surface area contributed by atoms with Crippen molar-refractivity contribution in [2.45, 2.75) is 13.5 Å². The minimum atomic E-state index is -1.06. The smallest absolute Gasteiger partial charge is 0.339 e. The highest BCUT2D eigenvalue weighted by Gasteiger charge is 2.23. The number of likely N-dealkylation sites (N-methyl/N-ethyl adjacent to an activating group) is 1. The molecule has 1 aromatic heterocycles. The third-order valence-electron chi connectivity index (χ3n) is 4.14. The fourth-order valence-corrected chi connectivity index (χ4v) is 2.85. The summed E-state index contributed by atoms with van der Waals surface area (Å²) in [4.78, 5) is 25.2. The largest absolute Gasteiger partial charge is 0.493 e. The maximum Gasteiger partial charge on any atom is 0.339 e. The number of hydrogen-bond acceptors (Lipinski definition) is 5. The maximum atomic E-state index is 12.7. The average molecular weight is 357 g/mol. The van der Waals surface area contributed by atoms with Crippen molar-refractivity contribution in [2.75, 3.05) is 20.8 Å². The predicted molar refractivity (Wildman–Crippen MR) is 93.3 cm³/mol. The van der Waals surface area contributed by atoms with Crippen molar-refractivity contribution in [3.63, 3.8) is 0 Å². The van der Waals surface area contributed by atoms with Gasteiger partial charge in [-0.1, -0.05) is 12.1 Å². The first-order chi connectivity index (χ1) is 12.4. The minimum Gasteiger partial charge on any atom is -0.493 e. The van der Waals surface area contributed by atoms with Crippen LogP contribution >= 0.6 is 0 Å². The Morgan fingerprint density at radius 2 is 2.12 bits per heavy atom. The molecule has 1 amide bonds. The first-order valence-electron chi connectivity index (χ1n) is 7.99. The van der Waals surface area contributed by atoms with Crippen molar-refractivity contribution in [2.24, 2.45) is 0 Å². The van der Waals surface area contributed by atoms with E-state index in [2.05, 4.69) is 0 Å². The Morgan fingerprint density at radius 1 is 1.35 bits per heavy atom. The second-order valence-electron chi connectivity index (χ2n) is 5.99. The van der Waals surface area contributed by atoms with E-state index in [4.69, 9.17) is 19.0 Å². The van der Waals surface area contributed by atoms with Gasteiger partial charge in [0.05, 0.1) is 19.2 Å². The molecule has 26 heavy (non-hydrogen) atoms. The van der Waals surface area contributed by atoms with E-state index in [1.165, 1.54) is 11.0 Å². The number of carboxylic acid groups (broad SMARTS) is 1. The van der Waals surface area contributed by atoms with Crippen LogP contribution in [0.2, 0.25) is 0 Å². The number of benzene rings is 1. The van der Waals surface area contributed by atoms with Crippen molar-refractivity contribution >= 4 is 18.0 Å². The molecule has 0 unspecified atom stereocenters. The van der Waals surface area contributed by atoms with Crippen LogP contribution in [-0.4, -0.2) is 42.6 Å². The van der Waals surface area contributed by atoms with Crippen LogP contribution in [0.25, 0.3) is 6.08 Å². The Bertz CT molecular complexity index is 895. The molecule has 3 rings (SSSR count). The SMILES string of the molecule is COc1cccc2c1OCC(C(=O)N(C)Cc1cc(C(=O)O)c(C)o1)=C2. The van der Waals surface area contributed by atoms with Crippen LogP contribution in [0.1, 0.15) is 27.4 Å². The molecule has 7 heteroatoms. The number of fused-ring (bicyclic) bond motifs is 1. The highest BCUT2D eigenvalue weighted by atomic mass is 16.5. The van der Waals surface area contributed by atoms with E-state index in [9.17, 15) is 9.59 Å². The van der Waals surface area contributed by atoms with Crippen molar-refractivity contribution in [3.05, 3.63) is 52.5 Å². The Labute approximate surface area is 150 Å². The van der Waals surface area contributed by atoms with Crippen molar-refractivity contribution in [1.82, 2.24) is 4.90 Å². The average Bonchev–Trinajstić information content (AvgIpc) is 3.00. The van der Waals surface area contributed by atoms with E-state index < -0.39 is 5.97 Å². The summed E-state index contributed by atoms with van der Waals surface area (Å²) in [6, 6.07) is 6.91. The number of aromatic carboxylic acids is 1. The molecule has 2 heterocycles. The number of rotatable bonds is 5. The number of carbonyl (C=O) groups is 2. The zero-order valence-corrected chi connectivity index (χ0v) is 14.7. The van der Waals surface area contributed by atoms with Gasteiger partial charge in [0.25, 0.3) is 5.91 Å². The summed E-state index contributed by atoms with van der Waals surface area (Å²) in [6.45, 7) is 1.87. The molecule has 1 aliphatic heterocycles. The molecule has 136 valence electrons. The predicted octanol–water partition coefficient (Wildman–Crippen LogP) is 2.73. The number of carboxylic acids is 1. The van der Waals surface area contributed by atoms with Crippen molar-refractivity contribution in [3.8, 4) is 11.5 Å². The highest BCUT2D eigenvalue weighted by Crippen LogP contribution is 2.35. The van der Waals surface area contributed by atoms with Crippen LogP contribution in [0.3, 0.4) is 0 Å². The Hall–Kier alpha value is -3.22. The molecule has 0 spiro atoms. The molecular formula is C19H19NO6. The van der Waals surface area contributed by atoms with Gasteiger partial charge in [-0.3, -0.25) is 4.79 Å². The number of furan rings is 1. The molecule has 0 aliphatic carbocycles. The second kappa shape index (κ2) is 6.95. The third-order valence-corrected chi connectivity index (χ3v) is 4.14. The lowest BCUT2D eigenvalue weighted by atomic mass is 10.1. The molecule has 0 saturated heterocycles. The van der Waals surface area contributed by atoms with E-state index >= 15 is 0 Å². The van der Waals surface area contributed by atoms with Gasteiger partial charge in [-0.15, -0.1) is 0 Å². The summed E-state index contributed by atoms with van der Waals surface area (Å²) in [5.74, 6) is 0.683. The number of nitrogens with zero attached hydrogens (tertiary/aromatic N) is 1. The minimum absolute atomic E-state index is 0.0992. The first kappa shape index (κ1) is 17.6. The van der Waals surface area contributed by atoms with Crippen LogP contribution in [0.15, 0.2) is 34.3 Å². The lowest BCUT2D eigenvalue weighted by Gasteiger charge is -2.23. The number of ether oxygens (including phenoxy) is 2. The number of aryl methyl sites for hydroxylation is 1. The number of methoxy groups -OCH3 is 1. The van der Waals surface area contributed by atoms with Crippen molar-refractivity contribution < 1.29 is 28.6 Å². The van der Waals surface area contributed by atoms with Gasteiger partial charge in [0.15, 0.2) is 11.5 Å². The molecule has 0 atom stereocenters. The summed E-state index contributed by atoms with van der Waals surface area (Å²) in [7, 11) is 3.19. The Balaban J connectivity index is 1.77. The molecule has 0 bridgehead atoms. The lowest BCUT2D eigenvalue weighted by molar-refractivity contribution is -0.126. The highest BCUT2D eigenvalue weighted by molar-refractivity contribution is 5.99. The van der Waals surface area contributed by atoms with Crippen LogP contribution in [0.5, 0.6) is 11.5 Å². The normalized spacial score (nSPS) is 12.7. The summed E-state index contributed by atoms with van der Waals surface area (Å²) in [5.41, 5.74) is 1.37. The quantitative estimate of drug-likeness (QED) is 0.885. The summed E-state index contributed by atoms with van der Waals surface area (Å²) < 4.78 is 16.4. The third kappa shape index (κ3) is 3.28. The standard InChI is InChI=1S/C19H19NO6/c1-11-15(19(22)23)8-14(26-11)9-20(2)18(21)13-7-12-5-4-6-16(24-3)17(12)25-10-13/h4-8H,9-10H2,1-3H3,(H,22,23). The molecule has 7 nitrogen and oxygen atoms in total. The maximum absolute atomic E-state index is 12.7. The monoisotopic (exact) mass is 357 g/mol. The number of amides is 1. The molecule has 1 aliphatic rings. The van der Waals surface area contributed by atoms with Crippen LogP contribution in [0, 0.1) is 6.92 Å². The van der Waals surface area contributed by atoms with E-state index in [0.29, 0.717) is 28.6 Å². The number of carbonyl (C=O) groups excluding carboxylic acids is 1. The molecule has 0 saturated carbocycles. The lowest BCUT2D eigenvalue weighted by Crippen LogP contribution is -2.30. The summed E-state index contributed by atoms with van der Waals surface area (Å²) in [6.07, 6.45) is 1.77. The number of hydrogen-bond donors (Lipinski definition) is 1. The van der Waals surface area contributed by atoms with Gasteiger partial charge in [0.2, 0.25) is 0 Å². The topological polar surface area (TPSA) is 89.2 Å². The molecule has 2 aromatic rings. The van der Waals surface area contributed by atoms with Gasteiger partial charge < -0.3 is 23.9 Å². The fraction of sp³-hybridized carbons (Fsp3) is 0.263. The van der Waals surface area contributed by atoms with Gasteiger partial charge in [0, 0.05) is 12.6 Å². The van der Waals surface area contributed by atoms with E-state index in [1.54, 1.807) is 33.2 Å². The zero-order valence-electron chi connectivity index (χ0n) is 14.7. The van der Waals surface area contributed by atoms with E-state index in [1.807, 2.05) is 12.1 Å². The van der Waals surface area contributed by atoms with E-state index in [-0.39, 0.29) is 24.6 Å². The summed E-state index contributed by atoms with van der Waals surface area (Å²) >= 11 is 0. The molecular weight excluding hydrogens is 338 g/mol. The van der Waals surface area contributed by atoms with E-state index in [0.717, 1.165) is 5.56 Å². The number of para-hydroxylation sites is 1. The summed E-state index contributed by atoms with van der Waals surface area (Å²) in [5, 5.41) is 9.09.